The number of rotatable bonds is 5. The molecule has 152 valence electrons. The van der Waals surface area contributed by atoms with E-state index in [0.29, 0.717) is 17.2 Å². The maximum Gasteiger partial charge on any atom is 0.573 e. The molecule has 5 nitrogen and oxygen atoms in total. The van der Waals surface area contributed by atoms with E-state index in [9.17, 15) is 22.4 Å². The van der Waals surface area contributed by atoms with Crippen molar-refractivity contribution in [2.45, 2.75) is 12.8 Å². The number of carbonyl (C=O) groups is 1. The number of ether oxygens (including phenoxy) is 1. The minimum atomic E-state index is -4.78. The number of nitrogens with zero attached hydrogens (tertiary/aromatic N) is 2. The molecule has 1 heterocycles. The van der Waals surface area contributed by atoms with E-state index in [4.69, 9.17) is 0 Å². The number of halogens is 4. The number of hydrogen-bond donors (Lipinski definition) is 1. The Morgan fingerprint density at radius 2 is 1.93 bits per heavy atom. The van der Waals surface area contributed by atoms with Crippen molar-refractivity contribution in [2.75, 3.05) is 17.3 Å². The lowest BCUT2D eigenvalue weighted by Gasteiger charge is -2.17. The van der Waals surface area contributed by atoms with Gasteiger partial charge in [-0.1, -0.05) is 12.1 Å². The van der Waals surface area contributed by atoms with Gasteiger partial charge in [0, 0.05) is 30.2 Å². The van der Waals surface area contributed by atoms with Crippen LogP contribution in [0.4, 0.5) is 33.2 Å². The summed E-state index contributed by atoms with van der Waals surface area (Å²) in [5, 5.41) is 2.97. The fraction of sp³-hybridized carbons (Fsp3) is 0.158. The molecule has 0 spiro atoms. The van der Waals surface area contributed by atoms with E-state index in [1.54, 1.807) is 18.3 Å². The molecule has 0 atom stereocenters. The molecule has 0 radical (unpaired) electrons. The smallest absolute Gasteiger partial charge is 0.406 e. The molecule has 0 saturated heterocycles. The molecule has 0 aliphatic heterocycles. The van der Waals surface area contributed by atoms with Gasteiger partial charge in [0.1, 0.15) is 11.6 Å². The summed E-state index contributed by atoms with van der Waals surface area (Å²) in [6.07, 6.45) is -2.71. The van der Waals surface area contributed by atoms with Crippen molar-refractivity contribution in [1.29, 1.82) is 0 Å². The summed E-state index contributed by atoms with van der Waals surface area (Å²) in [6.45, 7) is 0. The lowest BCUT2D eigenvalue weighted by Crippen LogP contribution is -2.31. The minimum Gasteiger partial charge on any atom is -0.406 e. The third kappa shape index (κ3) is 5.92. The normalized spacial score (nSPS) is 11.2. The monoisotopic (exact) mass is 425 g/mol. The van der Waals surface area contributed by atoms with Crippen LogP contribution in [0.25, 0.3) is 0 Å². The van der Waals surface area contributed by atoms with Gasteiger partial charge in [0.05, 0.1) is 0 Å². The van der Waals surface area contributed by atoms with E-state index in [-0.39, 0.29) is 11.6 Å². The molecule has 10 heteroatoms. The summed E-state index contributed by atoms with van der Waals surface area (Å²) in [4.78, 5) is 18.5. The van der Waals surface area contributed by atoms with E-state index in [1.807, 2.05) is 0 Å². The number of nitrogens with one attached hydrogen (secondary N) is 1. The first-order valence-electron chi connectivity index (χ1n) is 8.29. The predicted octanol–water partition coefficient (Wildman–Crippen LogP) is 5.44. The van der Waals surface area contributed by atoms with Gasteiger partial charge in [0.15, 0.2) is 5.13 Å². The highest BCUT2D eigenvalue weighted by Crippen LogP contribution is 2.26. The molecule has 2 aromatic carbocycles. The highest BCUT2D eigenvalue weighted by molar-refractivity contribution is 7.15. The Morgan fingerprint density at radius 1 is 1.21 bits per heavy atom. The molecule has 1 N–H and O–H groups in total. The molecular formula is C19H15F4N3O2S. The topological polar surface area (TPSA) is 54.5 Å². The van der Waals surface area contributed by atoms with Crippen molar-refractivity contribution in [3.63, 3.8) is 0 Å². The second kappa shape index (κ2) is 8.48. The molecule has 0 aliphatic carbocycles. The highest BCUT2D eigenvalue weighted by Gasteiger charge is 2.31. The number of alkyl halides is 3. The number of benzene rings is 2. The minimum absolute atomic E-state index is 0.325. The van der Waals surface area contributed by atoms with Crippen LogP contribution in [0.15, 0.2) is 54.7 Å². The Bertz CT molecular complexity index is 990. The van der Waals surface area contributed by atoms with Crippen LogP contribution >= 0.6 is 11.3 Å². The third-order valence-electron chi connectivity index (χ3n) is 3.80. The van der Waals surface area contributed by atoms with Crippen LogP contribution in [0.5, 0.6) is 5.75 Å². The zero-order chi connectivity index (χ0) is 21.0. The lowest BCUT2D eigenvalue weighted by atomic mass is 10.1. The summed E-state index contributed by atoms with van der Waals surface area (Å²) in [5.41, 5.74) is 1.15. The number of amides is 2. The first-order valence-corrected chi connectivity index (χ1v) is 9.11. The molecule has 3 rings (SSSR count). The van der Waals surface area contributed by atoms with E-state index in [0.717, 1.165) is 22.6 Å². The van der Waals surface area contributed by atoms with Crippen LogP contribution in [-0.4, -0.2) is 24.4 Å². The number of urea groups is 1. The predicted molar refractivity (Wildman–Crippen MR) is 102 cm³/mol. The number of aromatic nitrogens is 1. The number of anilines is 2. The van der Waals surface area contributed by atoms with Crippen molar-refractivity contribution in [3.8, 4) is 5.75 Å². The fourth-order valence-corrected chi connectivity index (χ4v) is 3.30. The van der Waals surface area contributed by atoms with Gasteiger partial charge >= 0.3 is 12.4 Å². The summed E-state index contributed by atoms with van der Waals surface area (Å²) in [5.74, 6) is -0.703. The van der Waals surface area contributed by atoms with E-state index in [2.05, 4.69) is 15.0 Å². The molecule has 0 aliphatic rings. The van der Waals surface area contributed by atoms with Gasteiger partial charge in [-0.15, -0.1) is 24.5 Å². The largest absolute Gasteiger partial charge is 0.573 e. The Morgan fingerprint density at radius 3 is 2.59 bits per heavy atom. The van der Waals surface area contributed by atoms with E-state index >= 15 is 0 Å². The van der Waals surface area contributed by atoms with Crippen molar-refractivity contribution in [3.05, 3.63) is 71.0 Å². The Hall–Kier alpha value is -3.14. The first-order chi connectivity index (χ1) is 13.7. The molecule has 0 bridgehead atoms. The van der Waals surface area contributed by atoms with Crippen LogP contribution in [0, 0.1) is 5.82 Å². The summed E-state index contributed by atoms with van der Waals surface area (Å²) < 4.78 is 53.7. The molecule has 3 aromatic rings. The molecule has 0 saturated carbocycles. The standard InChI is InChI=1S/C19H15F4N3O2S/c1-26(14-5-7-15(8-6-14)28-19(21,22)23)18(27)25-17-24-11-16(29-17)10-12-3-2-4-13(20)9-12/h2-9,11H,10H2,1H3,(H,24,25,27). The Labute approximate surface area is 167 Å². The van der Waals surface area contributed by atoms with Gasteiger partial charge in [0.25, 0.3) is 0 Å². The average molecular weight is 425 g/mol. The van der Waals surface area contributed by atoms with Crippen LogP contribution in [0.2, 0.25) is 0 Å². The quantitative estimate of drug-likeness (QED) is 0.554. The van der Waals surface area contributed by atoms with Gasteiger partial charge in [-0.3, -0.25) is 10.2 Å². The average Bonchev–Trinajstić information content (AvgIpc) is 3.07. The number of thiazole rings is 1. The summed E-state index contributed by atoms with van der Waals surface area (Å²) in [6, 6.07) is 10.6. The molecule has 0 unspecified atom stereocenters. The maximum atomic E-state index is 13.3. The van der Waals surface area contributed by atoms with Crippen LogP contribution < -0.4 is 15.0 Å². The van der Waals surface area contributed by atoms with Crippen molar-refractivity contribution in [2.24, 2.45) is 0 Å². The zero-order valence-corrected chi connectivity index (χ0v) is 15.9. The van der Waals surface area contributed by atoms with Crippen LogP contribution in [-0.2, 0) is 6.42 Å². The SMILES string of the molecule is CN(C(=O)Nc1ncc(Cc2cccc(F)c2)s1)c1ccc(OC(F)(F)F)cc1. The van der Waals surface area contributed by atoms with Gasteiger partial charge in [-0.05, 0) is 42.0 Å². The lowest BCUT2D eigenvalue weighted by molar-refractivity contribution is -0.274. The van der Waals surface area contributed by atoms with Crippen LogP contribution in [0.3, 0.4) is 0 Å². The first kappa shape index (κ1) is 20.6. The van der Waals surface area contributed by atoms with Crippen molar-refractivity contribution in [1.82, 2.24) is 4.98 Å². The van der Waals surface area contributed by atoms with Gasteiger partial charge in [-0.25, -0.2) is 14.2 Å². The molecular weight excluding hydrogens is 410 g/mol. The molecule has 1 aromatic heterocycles. The third-order valence-corrected chi connectivity index (χ3v) is 4.71. The number of carbonyl (C=O) groups excluding carboxylic acids is 1. The van der Waals surface area contributed by atoms with Gasteiger partial charge in [0.2, 0.25) is 0 Å². The number of hydrogen-bond acceptors (Lipinski definition) is 4. The van der Waals surface area contributed by atoms with Gasteiger partial charge in [-0.2, -0.15) is 0 Å². The van der Waals surface area contributed by atoms with Crippen molar-refractivity contribution < 1.29 is 27.1 Å². The Balaban J connectivity index is 1.60. The zero-order valence-electron chi connectivity index (χ0n) is 15.0. The Kier molecular flexibility index (Phi) is 6.02. The van der Waals surface area contributed by atoms with E-state index < -0.39 is 12.4 Å². The van der Waals surface area contributed by atoms with Crippen LogP contribution in [0.1, 0.15) is 10.4 Å². The fourth-order valence-electron chi connectivity index (χ4n) is 2.46. The van der Waals surface area contributed by atoms with Gasteiger partial charge < -0.3 is 4.74 Å². The maximum absolute atomic E-state index is 13.3. The van der Waals surface area contributed by atoms with Crippen molar-refractivity contribution >= 4 is 28.2 Å². The molecule has 0 fully saturated rings. The summed E-state index contributed by atoms with van der Waals surface area (Å²) in [7, 11) is 1.47. The van der Waals surface area contributed by atoms with E-state index in [1.165, 1.54) is 47.5 Å². The second-order valence-electron chi connectivity index (χ2n) is 5.97. The highest BCUT2D eigenvalue weighted by atomic mass is 32.1. The molecule has 2 amide bonds. The summed E-state index contributed by atoms with van der Waals surface area (Å²) >= 11 is 1.25. The molecule has 29 heavy (non-hydrogen) atoms. The second-order valence-corrected chi connectivity index (χ2v) is 7.08.